The number of amides is 3. The van der Waals surface area contributed by atoms with Crippen LogP contribution in [0.2, 0.25) is 0 Å². The molecule has 3 N–H and O–H groups in total. The van der Waals surface area contributed by atoms with E-state index in [1.54, 1.807) is 22.9 Å². The number of hydrogen-bond acceptors (Lipinski definition) is 3. The summed E-state index contributed by atoms with van der Waals surface area (Å²) in [7, 11) is 0. The van der Waals surface area contributed by atoms with E-state index < -0.39 is 6.03 Å². The van der Waals surface area contributed by atoms with Crippen LogP contribution in [0.25, 0.3) is 16.8 Å². The van der Waals surface area contributed by atoms with Crippen molar-refractivity contribution in [2.24, 2.45) is 0 Å². The molecule has 5 rings (SSSR count). The van der Waals surface area contributed by atoms with Gasteiger partial charge in [0.25, 0.3) is 5.91 Å². The fraction of sp³-hybridized carbons (Fsp3) is 0.179. The van der Waals surface area contributed by atoms with Gasteiger partial charge in [-0.05, 0) is 59.2 Å². The molecule has 3 aromatic carbocycles. The molecule has 0 unspecified atom stereocenters. The van der Waals surface area contributed by atoms with Crippen molar-refractivity contribution in [3.8, 4) is 16.8 Å². The summed E-state index contributed by atoms with van der Waals surface area (Å²) in [6.45, 7) is 6.57. The number of aromatic nitrogens is 2. The second kappa shape index (κ2) is 8.96. The zero-order chi connectivity index (χ0) is 25.4. The molecule has 1 aliphatic rings. The first-order chi connectivity index (χ1) is 17.2. The molecule has 1 aromatic heterocycles. The van der Waals surface area contributed by atoms with E-state index in [4.69, 9.17) is 0 Å². The first kappa shape index (κ1) is 23.3. The third-order valence-electron chi connectivity index (χ3n) is 6.07. The number of urea groups is 1. The number of halogens is 1. The highest BCUT2D eigenvalue weighted by atomic mass is 19.1. The number of rotatable bonds is 4. The molecule has 3 amide bonds. The highest BCUT2D eigenvalue weighted by Crippen LogP contribution is 2.31. The number of carbonyl (C=O) groups is 2. The van der Waals surface area contributed by atoms with Crippen molar-refractivity contribution >= 4 is 23.4 Å². The number of hydrogen-bond donors (Lipinski definition) is 3. The third kappa shape index (κ3) is 4.57. The van der Waals surface area contributed by atoms with Crippen LogP contribution in [-0.4, -0.2) is 21.7 Å². The van der Waals surface area contributed by atoms with Crippen LogP contribution in [0.1, 0.15) is 42.4 Å². The van der Waals surface area contributed by atoms with Gasteiger partial charge in [-0.3, -0.25) is 10.1 Å². The lowest BCUT2D eigenvalue weighted by molar-refractivity contribution is 0.0965. The smallest absolute Gasteiger partial charge is 0.324 e. The summed E-state index contributed by atoms with van der Waals surface area (Å²) in [5.74, 6) is 0.0387. The molecule has 0 aliphatic carbocycles. The topological polar surface area (TPSA) is 88.0 Å². The van der Waals surface area contributed by atoms with E-state index in [1.807, 2.05) is 63.2 Å². The third-order valence-corrected chi connectivity index (χ3v) is 6.07. The van der Waals surface area contributed by atoms with Gasteiger partial charge in [0.15, 0.2) is 0 Å². The molecule has 0 spiro atoms. The Morgan fingerprint density at radius 2 is 1.69 bits per heavy atom. The minimum absolute atomic E-state index is 0.0760. The van der Waals surface area contributed by atoms with Crippen LogP contribution in [0.3, 0.4) is 0 Å². The summed E-state index contributed by atoms with van der Waals surface area (Å²) in [6, 6.07) is 20.4. The van der Waals surface area contributed by atoms with Crippen molar-refractivity contribution in [3.63, 3.8) is 0 Å². The Labute approximate surface area is 208 Å². The van der Waals surface area contributed by atoms with Crippen molar-refractivity contribution in [2.75, 3.05) is 10.6 Å². The molecule has 0 saturated heterocycles. The molecular formula is C28H26FN5O2. The Kier molecular flexibility index (Phi) is 5.80. The minimum atomic E-state index is -0.439. The van der Waals surface area contributed by atoms with Gasteiger partial charge in [-0.2, -0.15) is 5.10 Å². The van der Waals surface area contributed by atoms with Gasteiger partial charge in [-0.25, -0.2) is 13.9 Å². The summed E-state index contributed by atoms with van der Waals surface area (Å²) in [5.41, 5.74) is 5.22. The molecule has 1 aliphatic heterocycles. The van der Waals surface area contributed by atoms with Gasteiger partial charge in [0.2, 0.25) is 0 Å². The zero-order valence-corrected chi connectivity index (χ0v) is 20.2. The molecule has 8 heteroatoms. The van der Waals surface area contributed by atoms with E-state index in [0.29, 0.717) is 29.3 Å². The molecule has 36 heavy (non-hydrogen) atoms. The average molecular weight is 484 g/mol. The summed E-state index contributed by atoms with van der Waals surface area (Å²) in [6.07, 6.45) is 0. The zero-order valence-electron chi connectivity index (χ0n) is 20.2. The highest BCUT2D eigenvalue weighted by molar-refractivity contribution is 6.01. The maximum Gasteiger partial charge on any atom is 0.324 e. The van der Waals surface area contributed by atoms with Crippen molar-refractivity contribution < 1.29 is 14.0 Å². The van der Waals surface area contributed by atoms with Crippen molar-refractivity contribution in [1.82, 2.24) is 15.1 Å². The highest BCUT2D eigenvalue weighted by Gasteiger charge is 2.23. The van der Waals surface area contributed by atoms with Crippen LogP contribution in [0.5, 0.6) is 0 Å². The fourth-order valence-corrected chi connectivity index (χ4v) is 4.18. The lowest BCUT2D eigenvalue weighted by Crippen LogP contribution is -2.21. The monoisotopic (exact) mass is 483 g/mol. The quantitative estimate of drug-likeness (QED) is 0.340. The van der Waals surface area contributed by atoms with E-state index in [2.05, 4.69) is 21.0 Å². The first-order valence-electron chi connectivity index (χ1n) is 11.6. The first-order valence-corrected chi connectivity index (χ1v) is 11.6. The van der Waals surface area contributed by atoms with E-state index in [1.165, 1.54) is 12.1 Å². The van der Waals surface area contributed by atoms with Gasteiger partial charge in [0, 0.05) is 29.3 Å². The normalized spacial score (nSPS) is 12.7. The Hall–Kier alpha value is -4.46. The van der Waals surface area contributed by atoms with Crippen LogP contribution in [0.15, 0.2) is 72.8 Å². The number of benzene rings is 3. The van der Waals surface area contributed by atoms with E-state index >= 15 is 0 Å². The van der Waals surface area contributed by atoms with Crippen molar-refractivity contribution in [3.05, 3.63) is 95.4 Å². The van der Waals surface area contributed by atoms with E-state index in [-0.39, 0.29) is 17.1 Å². The number of anilines is 2. The van der Waals surface area contributed by atoms with Crippen LogP contribution in [-0.2, 0) is 12.0 Å². The standard InChI is InChI=1S/C28H26FN5O2/c1-28(2,3)24-15-25(34(33-24)20-12-10-18(29)11-13-20)32-27(36)31-19-7-4-6-17(14-19)21-8-5-9-22-23(21)16-30-26(22)35/h4-15H,16H2,1-3H3,(H,30,35)(H2,31,32,36). The molecule has 182 valence electrons. The lowest BCUT2D eigenvalue weighted by atomic mass is 9.92. The number of carbonyl (C=O) groups excluding carboxylic acids is 2. The van der Waals surface area contributed by atoms with E-state index in [9.17, 15) is 14.0 Å². The van der Waals surface area contributed by atoms with Gasteiger partial charge < -0.3 is 10.6 Å². The maximum atomic E-state index is 13.5. The molecule has 0 radical (unpaired) electrons. The van der Waals surface area contributed by atoms with Crippen LogP contribution >= 0.6 is 0 Å². The Morgan fingerprint density at radius 1 is 0.972 bits per heavy atom. The second-order valence-corrected chi connectivity index (χ2v) is 9.73. The Bertz CT molecular complexity index is 1470. The number of nitrogens with one attached hydrogen (secondary N) is 3. The summed E-state index contributed by atoms with van der Waals surface area (Å²) in [5, 5.41) is 13.3. The molecule has 0 bridgehead atoms. The molecule has 4 aromatic rings. The van der Waals surface area contributed by atoms with Crippen LogP contribution < -0.4 is 16.0 Å². The number of fused-ring (bicyclic) bond motifs is 1. The molecule has 0 atom stereocenters. The lowest BCUT2D eigenvalue weighted by Gasteiger charge is -2.14. The summed E-state index contributed by atoms with van der Waals surface area (Å²) < 4.78 is 15.1. The molecule has 0 saturated carbocycles. The van der Waals surface area contributed by atoms with Crippen molar-refractivity contribution in [2.45, 2.75) is 32.7 Å². The molecule has 0 fully saturated rings. The number of nitrogens with zero attached hydrogens (tertiary/aromatic N) is 2. The maximum absolute atomic E-state index is 13.5. The Balaban J connectivity index is 1.40. The molecular weight excluding hydrogens is 457 g/mol. The van der Waals surface area contributed by atoms with E-state index in [0.717, 1.165) is 22.4 Å². The summed E-state index contributed by atoms with van der Waals surface area (Å²) >= 11 is 0. The SMILES string of the molecule is CC(C)(C)c1cc(NC(=O)Nc2cccc(-c3cccc4c3CNC4=O)c2)n(-c2ccc(F)cc2)n1. The molecule has 2 heterocycles. The second-order valence-electron chi connectivity index (χ2n) is 9.73. The van der Waals surface area contributed by atoms with Crippen LogP contribution in [0, 0.1) is 5.82 Å². The van der Waals surface area contributed by atoms with Gasteiger partial charge in [-0.1, -0.05) is 45.0 Å². The minimum Gasteiger partial charge on any atom is -0.348 e. The average Bonchev–Trinajstić information content (AvgIpc) is 3.43. The predicted octanol–water partition coefficient (Wildman–Crippen LogP) is 5.86. The largest absolute Gasteiger partial charge is 0.348 e. The predicted molar refractivity (Wildman–Crippen MR) is 138 cm³/mol. The summed E-state index contributed by atoms with van der Waals surface area (Å²) in [4.78, 5) is 25.0. The molecule has 7 nitrogen and oxygen atoms in total. The van der Waals surface area contributed by atoms with Gasteiger partial charge in [-0.15, -0.1) is 0 Å². The Morgan fingerprint density at radius 3 is 2.44 bits per heavy atom. The van der Waals surface area contributed by atoms with Gasteiger partial charge in [0.05, 0.1) is 11.4 Å². The van der Waals surface area contributed by atoms with Crippen LogP contribution in [0.4, 0.5) is 20.7 Å². The fourth-order valence-electron chi connectivity index (χ4n) is 4.18. The van der Waals surface area contributed by atoms with Gasteiger partial charge >= 0.3 is 6.03 Å². The van der Waals surface area contributed by atoms with Crippen molar-refractivity contribution in [1.29, 1.82) is 0 Å². The van der Waals surface area contributed by atoms with Gasteiger partial charge in [0.1, 0.15) is 11.6 Å².